The minimum Gasteiger partial charge on any atom is -0.316 e. The first-order chi connectivity index (χ1) is 9.85. The van der Waals surface area contributed by atoms with E-state index in [-0.39, 0.29) is 6.04 Å². The van der Waals surface area contributed by atoms with Crippen molar-refractivity contribution in [2.24, 2.45) is 5.92 Å². The summed E-state index contributed by atoms with van der Waals surface area (Å²) in [4.78, 5) is 0.299. The van der Waals surface area contributed by atoms with E-state index in [1.54, 1.807) is 12.1 Å². The van der Waals surface area contributed by atoms with Crippen LogP contribution in [0.2, 0.25) is 0 Å². The van der Waals surface area contributed by atoms with Crippen LogP contribution < -0.4 is 10.0 Å². The van der Waals surface area contributed by atoms with Gasteiger partial charge in [-0.15, -0.1) is 0 Å². The van der Waals surface area contributed by atoms with Gasteiger partial charge in [0.25, 0.3) is 0 Å². The van der Waals surface area contributed by atoms with E-state index in [4.69, 9.17) is 0 Å². The molecule has 1 unspecified atom stereocenters. The molecule has 0 amide bonds. The molecule has 0 aromatic heterocycles. The van der Waals surface area contributed by atoms with Crippen molar-refractivity contribution in [2.75, 3.05) is 7.05 Å². The molecule has 21 heavy (non-hydrogen) atoms. The summed E-state index contributed by atoms with van der Waals surface area (Å²) in [5.74, 6) is 0.346. The predicted molar refractivity (Wildman–Crippen MR) is 90.8 cm³/mol. The van der Waals surface area contributed by atoms with Crippen molar-refractivity contribution in [1.29, 1.82) is 0 Å². The van der Waals surface area contributed by atoms with Gasteiger partial charge in [0, 0.05) is 17.1 Å². The van der Waals surface area contributed by atoms with Crippen LogP contribution >= 0.6 is 15.9 Å². The molecule has 1 aromatic rings. The van der Waals surface area contributed by atoms with Crippen molar-refractivity contribution in [3.05, 3.63) is 28.2 Å². The molecule has 0 saturated carbocycles. The smallest absolute Gasteiger partial charge is 0.241 e. The Labute approximate surface area is 136 Å². The highest BCUT2D eigenvalue weighted by Gasteiger charge is 2.23. The van der Waals surface area contributed by atoms with Crippen LogP contribution in [-0.4, -0.2) is 21.5 Å². The van der Waals surface area contributed by atoms with Crippen LogP contribution in [0.1, 0.15) is 39.2 Å². The lowest BCUT2D eigenvalue weighted by molar-refractivity contribution is 0.390. The monoisotopic (exact) mass is 376 g/mol. The molecule has 1 atom stereocenters. The highest BCUT2D eigenvalue weighted by atomic mass is 79.9. The molecule has 0 bridgehead atoms. The van der Waals surface area contributed by atoms with Gasteiger partial charge >= 0.3 is 0 Å². The topological polar surface area (TPSA) is 58.2 Å². The third-order valence-electron chi connectivity index (χ3n) is 3.76. The summed E-state index contributed by atoms with van der Waals surface area (Å²) in [6.45, 7) is 6.74. The molecule has 0 spiro atoms. The van der Waals surface area contributed by atoms with E-state index in [0.717, 1.165) is 18.4 Å². The van der Waals surface area contributed by atoms with Gasteiger partial charge in [0.15, 0.2) is 0 Å². The fraction of sp³-hybridized carbons (Fsp3) is 0.600. The Balaban J connectivity index is 3.04. The van der Waals surface area contributed by atoms with Crippen LogP contribution in [0.15, 0.2) is 27.6 Å². The van der Waals surface area contributed by atoms with Crippen LogP contribution in [0.4, 0.5) is 0 Å². The zero-order valence-electron chi connectivity index (χ0n) is 13.1. The third kappa shape index (κ3) is 5.06. The molecular formula is C15H25BrN2O2S. The SMILES string of the molecule is CCC(CC)C(C)NS(=O)(=O)c1cc(CNC)ccc1Br. The van der Waals surface area contributed by atoms with E-state index in [9.17, 15) is 8.42 Å². The molecular weight excluding hydrogens is 352 g/mol. The van der Waals surface area contributed by atoms with Crippen LogP contribution in [0.25, 0.3) is 0 Å². The summed E-state index contributed by atoms with van der Waals surface area (Å²) in [5.41, 5.74) is 0.941. The van der Waals surface area contributed by atoms with Crippen molar-refractivity contribution < 1.29 is 8.42 Å². The van der Waals surface area contributed by atoms with Crippen molar-refractivity contribution in [1.82, 2.24) is 10.0 Å². The molecule has 0 aliphatic heterocycles. The molecule has 0 saturated heterocycles. The zero-order valence-corrected chi connectivity index (χ0v) is 15.5. The first-order valence-electron chi connectivity index (χ1n) is 7.31. The van der Waals surface area contributed by atoms with E-state index in [2.05, 4.69) is 39.8 Å². The summed E-state index contributed by atoms with van der Waals surface area (Å²) >= 11 is 3.34. The number of sulfonamides is 1. The molecule has 0 aliphatic rings. The Hall–Kier alpha value is -0.430. The van der Waals surface area contributed by atoms with Gasteiger partial charge in [-0.2, -0.15) is 0 Å². The lowest BCUT2D eigenvalue weighted by Gasteiger charge is -2.22. The molecule has 1 aromatic carbocycles. The molecule has 0 fully saturated rings. The van der Waals surface area contributed by atoms with Gasteiger partial charge < -0.3 is 5.32 Å². The predicted octanol–water partition coefficient (Wildman–Crippen LogP) is 3.27. The van der Waals surface area contributed by atoms with Crippen LogP contribution in [0.3, 0.4) is 0 Å². The second kappa shape index (κ2) is 8.27. The maximum absolute atomic E-state index is 12.6. The number of benzene rings is 1. The highest BCUT2D eigenvalue weighted by molar-refractivity contribution is 9.10. The van der Waals surface area contributed by atoms with Gasteiger partial charge in [0.1, 0.15) is 0 Å². The summed E-state index contributed by atoms with van der Waals surface area (Å²) in [7, 11) is -1.68. The van der Waals surface area contributed by atoms with Gasteiger partial charge in [-0.3, -0.25) is 0 Å². The highest BCUT2D eigenvalue weighted by Crippen LogP contribution is 2.24. The molecule has 4 nitrogen and oxygen atoms in total. The second-order valence-electron chi connectivity index (χ2n) is 5.28. The summed E-state index contributed by atoms with van der Waals surface area (Å²) in [6, 6.07) is 5.32. The Bertz CT molecular complexity index is 557. The van der Waals surface area contributed by atoms with E-state index in [1.165, 1.54) is 0 Å². The Morgan fingerprint density at radius 1 is 1.24 bits per heavy atom. The van der Waals surface area contributed by atoms with E-state index < -0.39 is 10.0 Å². The normalized spacial score (nSPS) is 13.6. The molecule has 0 aliphatic carbocycles. The largest absolute Gasteiger partial charge is 0.316 e. The number of nitrogens with one attached hydrogen (secondary N) is 2. The fourth-order valence-corrected chi connectivity index (χ4v) is 4.79. The number of rotatable bonds is 8. The molecule has 6 heteroatoms. The fourth-order valence-electron chi connectivity index (χ4n) is 2.47. The molecule has 0 radical (unpaired) electrons. The van der Waals surface area contributed by atoms with E-state index >= 15 is 0 Å². The molecule has 120 valence electrons. The Morgan fingerprint density at radius 3 is 2.38 bits per heavy atom. The third-order valence-corrected chi connectivity index (χ3v) is 6.32. The number of hydrogen-bond acceptors (Lipinski definition) is 3. The van der Waals surface area contributed by atoms with Crippen LogP contribution in [0, 0.1) is 5.92 Å². The quantitative estimate of drug-likeness (QED) is 0.731. The zero-order chi connectivity index (χ0) is 16.0. The molecule has 2 N–H and O–H groups in total. The number of halogens is 1. The Morgan fingerprint density at radius 2 is 1.86 bits per heavy atom. The van der Waals surface area contributed by atoms with Crippen molar-refractivity contribution in [3.8, 4) is 0 Å². The average molecular weight is 377 g/mol. The van der Waals surface area contributed by atoms with Gasteiger partial charge in [-0.05, 0) is 53.5 Å². The summed E-state index contributed by atoms with van der Waals surface area (Å²) in [5, 5.41) is 3.03. The standard InChI is InChI=1S/C15H25BrN2O2S/c1-5-13(6-2)11(3)18-21(19,20)15-9-12(10-17-4)7-8-14(15)16/h7-9,11,13,17-18H,5-6,10H2,1-4H3. The van der Waals surface area contributed by atoms with E-state index in [0.29, 0.717) is 21.8 Å². The summed E-state index contributed by atoms with van der Waals surface area (Å²) in [6.07, 6.45) is 1.92. The van der Waals surface area contributed by atoms with Crippen LogP contribution in [-0.2, 0) is 16.6 Å². The lowest BCUT2D eigenvalue weighted by atomic mass is 9.96. The van der Waals surface area contributed by atoms with E-state index in [1.807, 2.05) is 20.0 Å². The average Bonchev–Trinajstić information content (AvgIpc) is 2.42. The second-order valence-corrected chi connectivity index (χ2v) is 7.82. The van der Waals surface area contributed by atoms with Crippen LogP contribution in [0.5, 0.6) is 0 Å². The molecule has 0 heterocycles. The number of hydrogen-bond donors (Lipinski definition) is 2. The van der Waals surface area contributed by atoms with Crippen molar-refractivity contribution in [3.63, 3.8) is 0 Å². The first-order valence-corrected chi connectivity index (χ1v) is 9.58. The summed E-state index contributed by atoms with van der Waals surface area (Å²) < 4.78 is 28.6. The Kier molecular flexibility index (Phi) is 7.33. The minimum atomic E-state index is -3.52. The maximum atomic E-state index is 12.6. The van der Waals surface area contributed by atoms with Gasteiger partial charge in [-0.1, -0.05) is 32.8 Å². The van der Waals surface area contributed by atoms with Gasteiger partial charge in [0.05, 0.1) is 4.90 Å². The molecule has 1 rings (SSSR count). The lowest BCUT2D eigenvalue weighted by Crippen LogP contribution is -2.37. The van der Waals surface area contributed by atoms with Crippen molar-refractivity contribution in [2.45, 2.75) is 51.1 Å². The van der Waals surface area contributed by atoms with Gasteiger partial charge in [0.2, 0.25) is 10.0 Å². The minimum absolute atomic E-state index is 0.0788. The maximum Gasteiger partial charge on any atom is 0.241 e. The van der Waals surface area contributed by atoms with Gasteiger partial charge in [-0.25, -0.2) is 13.1 Å². The van der Waals surface area contributed by atoms with Crippen molar-refractivity contribution >= 4 is 26.0 Å². The first kappa shape index (κ1) is 18.6.